The molecule has 0 spiro atoms. The van der Waals surface area contributed by atoms with Gasteiger partial charge in [-0.25, -0.2) is 4.98 Å². The predicted molar refractivity (Wildman–Crippen MR) is 143 cm³/mol. The van der Waals surface area contributed by atoms with Crippen LogP contribution in [0.15, 0.2) is 89.9 Å². The molecule has 0 saturated heterocycles. The molecular weight excluding hydrogens is 466 g/mol. The van der Waals surface area contributed by atoms with Crippen molar-refractivity contribution in [3.8, 4) is 28.6 Å². The average Bonchev–Trinajstić information content (AvgIpc) is 3.24. The van der Waals surface area contributed by atoms with Gasteiger partial charge in [0.05, 0.1) is 18.0 Å². The maximum atomic E-state index is 13.4. The number of unbranched alkanes of at least 4 members (excludes halogenated alkanes) is 1. The fraction of sp³-hybridized carbons (Fsp3) is 0.200. The van der Waals surface area contributed by atoms with E-state index in [2.05, 4.69) is 17.1 Å². The van der Waals surface area contributed by atoms with Crippen LogP contribution in [-0.2, 0) is 12.8 Å². The molecule has 0 radical (unpaired) electrons. The Balaban J connectivity index is 1.50. The van der Waals surface area contributed by atoms with E-state index in [1.54, 1.807) is 35.0 Å². The highest BCUT2D eigenvalue weighted by atomic mass is 16.5. The van der Waals surface area contributed by atoms with Crippen molar-refractivity contribution in [3.63, 3.8) is 0 Å². The number of phenols is 1. The van der Waals surface area contributed by atoms with Crippen molar-refractivity contribution in [3.05, 3.63) is 118 Å². The fourth-order valence-corrected chi connectivity index (χ4v) is 4.30. The van der Waals surface area contributed by atoms with Gasteiger partial charge in [0.25, 0.3) is 5.56 Å². The van der Waals surface area contributed by atoms with Crippen LogP contribution in [0.2, 0.25) is 0 Å². The van der Waals surface area contributed by atoms with E-state index >= 15 is 0 Å². The van der Waals surface area contributed by atoms with Gasteiger partial charge in [0.15, 0.2) is 5.82 Å². The molecule has 0 fully saturated rings. The van der Waals surface area contributed by atoms with E-state index in [1.165, 1.54) is 0 Å². The maximum Gasteiger partial charge on any atom is 0.278 e. The second-order valence-electron chi connectivity index (χ2n) is 9.01. The van der Waals surface area contributed by atoms with Crippen molar-refractivity contribution in [2.75, 3.05) is 13.2 Å². The highest BCUT2D eigenvalue weighted by Crippen LogP contribution is 2.25. The molecule has 3 aromatic carbocycles. The number of aromatic hydroxyl groups is 1. The third-order valence-electron chi connectivity index (χ3n) is 6.27. The van der Waals surface area contributed by atoms with Gasteiger partial charge in [-0.15, -0.1) is 0 Å². The van der Waals surface area contributed by atoms with E-state index in [1.807, 2.05) is 42.5 Å². The summed E-state index contributed by atoms with van der Waals surface area (Å²) in [6.07, 6.45) is 4.29. The van der Waals surface area contributed by atoms with Gasteiger partial charge in [-0.3, -0.25) is 9.36 Å². The maximum absolute atomic E-state index is 13.4. The third kappa shape index (κ3) is 5.73. The van der Waals surface area contributed by atoms with Crippen molar-refractivity contribution in [1.82, 2.24) is 14.5 Å². The molecule has 188 valence electrons. The number of fused-ring (bicyclic) bond motifs is 1. The van der Waals surface area contributed by atoms with Crippen LogP contribution in [0.5, 0.6) is 11.5 Å². The highest BCUT2D eigenvalue weighted by molar-refractivity contribution is 5.61. The van der Waals surface area contributed by atoms with E-state index in [0.29, 0.717) is 37.4 Å². The summed E-state index contributed by atoms with van der Waals surface area (Å²) in [4.78, 5) is 21.7. The molecule has 0 saturated carbocycles. The molecule has 3 aromatic rings. The van der Waals surface area contributed by atoms with Crippen molar-refractivity contribution >= 4 is 0 Å². The SMILES string of the molecule is O=c1c(Cc2ccc(O)cc2)nc2c(Cc3ccccc3)[nH]c(-c3ccc(OCCCCO)cc3)cn1-2. The zero-order chi connectivity index (χ0) is 25.6. The number of phenolic OH excluding ortho intramolecular Hbond substituents is 1. The summed E-state index contributed by atoms with van der Waals surface area (Å²) in [6.45, 7) is 0.718. The van der Waals surface area contributed by atoms with Gasteiger partial charge in [-0.1, -0.05) is 42.5 Å². The van der Waals surface area contributed by atoms with E-state index < -0.39 is 0 Å². The van der Waals surface area contributed by atoms with Crippen molar-refractivity contribution < 1.29 is 14.9 Å². The lowest BCUT2D eigenvalue weighted by Gasteiger charge is -2.14. The van der Waals surface area contributed by atoms with Gasteiger partial charge in [0.1, 0.15) is 17.2 Å². The highest BCUT2D eigenvalue weighted by Gasteiger charge is 2.20. The molecule has 0 atom stereocenters. The normalized spacial score (nSPS) is 11.2. The number of hydrogen-bond acceptors (Lipinski definition) is 5. The number of nitrogens with one attached hydrogen (secondary N) is 1. The molecular formula is C30H29N3O4. The minimum Gasteiger partial charge on any atom is -0.508 e. The molecule has 2 heterocycles. The van der Waals surface area contributed by atoms with E-state index in [-0.39, 0.29) is 17.9 Å². The number of nitrogens with zero attached hydrogens (tertiary/aromatic N) is 2. The molecule has 0 unspecified atom stereocenters. The number of aromatic amines is 1. The molecule has 37 heavy (non-hydrogen) atoms. The first-order valence-electron chi connectivity index (χ1n) is 12.4. The van der Waals surface area contributed by atoms with Crippen LogP contribution >= 0.6 is 0 Å². The Bertz CT molecular complexity index is 1470. The zero-order valence-electron chi connectivity index (χ0n) is 20.4. The smallest absolute Gasteiger partial charge is 0.278 e. The molecule has 2 aliphatic heterocycles. The molecule has 5 rings (SSSR count). The number of hydrogen-bond donors (Lipinski definition) is 3. The van der Waals surface area contributed by atoms with Crippen molar-refractivity contribution in [2.45, 2.75) is 25.7 Å². The lowest BCUT2D eigenvalue weighted by Crippen LogP contribution is -2.17. The van der Waals surface area contributed by atoms with Crippen LogP contribution in [-0.4, -0.2) is 38.0 Å². The molecule has 0 bridgehead atoms. The van der Waals surface area contributed by atoms with Gasteiger partial charge >= 0.3 is 0 Å². The fourth-order valence-electron chi connectivity index (χ4n) is 4.30. The van der Waals surface area contributed by atoms with Gasteiger partial charge in [-0.2, -0.15) is 0 Å². The molecule has 7 heteroatoms. The monoisotopic (exact) mass is 495 g/mol. The number of rotatable bonds is 10. The summed E-state index contributed by atoms with van der Waals surface area (Å²) in [7, 11) is 0. The number of aliphatic hydroxyl groups is 1. The predicted octanol–water partition coefficient (Wildman–Crippen LogP) is 4.70. The molecule has 7 nitrogen and oxygen atoms in total. The van der Waals surface area contributed by atoms with Gasteiger partial charge in [-0.05, 0) is 65.9 Å². The lowest BCUT2D eigenvalue weighted by atomic mass is 10.1. The number of benzene rings is 3. The standard InChI is InChI=1S/C30H29N3O4/c34-16-4-5-17-37-25-14-10-23(11-15-25)28-20-33-29(26(31-28)18-21-6-2-1-3-7-21)32-27(30(33)36)19-22-8-12-24(35)13-9-22/h1-3,6-15,20,31,34-35H,4-5,16-19H2. The minimum atomic E-state index is -0.156. The Hall–Kier alpha value is -4.36. The Morgan fingerprint density at radius 2 is 1.59 bits per heavy atom. The first-order valence-corrected chi connectivity index (χ1v) is 12.4. The van der Waals surface area contributed by atoms with E-state index in [4.69, 9.17) is 14.8 Å². The van der Waals surface area contributed by atoms with E-state index in [9.17, 15) is 9.90 Å². The van der Waals surface area contributed by atoms with Crippen molar-refractivity contribution in [2.24, 2.45) is 0 Å². The largest absolute Gasteiger partial charge is 0.508 e. The lowest BCUT2D eigenvalue weighted by molar-refractivity contribution is 0.253. The van der Waals surface area contributed by atoms with Crippen LogP contribution < -0.4 is 10.3 Å². The summed E-state index contributed by atoms with van der Waals surface area (Å²) in [6, 6.07) is 24.6. The topological polar surface area (TPSA) is 100 Å². The van der Waals surface area contributed by atoms with Crippen LogP contribution in [0, 0.1) is 0 Å². The van der Waals surface area contributed by atoms with Crippen molar-refractivity contribution in [1.29, 1.82) is 0 Å². The summed E-state index contributed by atoms with van der Waals surface area (Å²) >= 11 is 0. The number of imidazole rings is 1. The number of H-pyrrole nitrogens is 1. The Morgan fingerprint density at radius 1 is 0.865 bits per heavy atom. The number of aliphatic hydroxyl groups excluding tert-OH is 1. The van der Waals surface area contributed by atoms with Gasteiger partial charge in [0.2, 0.25) is 0 Å². The van der Waals surface area contributed by atoms with Crippen LogP contribution in [0.25, 0.3) is 17.1 Å². The summed E-state index contributed by atoms with van der Waals surface area (Å²) in [5, 5.41) is 18.5. The quantitative estimate of drug-likeness (QED) is 0.244. The molecule has 2 aliphatic rings. The van der Waals surface area contributed by atoms with Crippen LogP contribution in [0.4, 0.5) is 0 Å². The molecule has 0 aromatic heterocycles. The Labute approximate surface area is 215 Å². The number of ether oxygens (including phenoxy) is 1. The van der Waals surface area contributed by atoms with E-state index in [0.717, 1.165) is 40.2 Å². The zero-order valence-corrected chi connectivity index (χ0v) is 20.4. The molecule has 0 amide bonds. The second-order valence-corrected chi connectivity index (χ2v) is 9.01. The minimum absolute atomic E-state index is 0.156. The molecule has 3 N–H and O–H groups in total. The first kappa shape index (κ1) is 24.3. The number of aromatic nitrogens is 3. The Morgan fingerprint density at radius 3 is 2.32 bits per heavy atom. The van der Waals surface area contributed by atoms with Gasteiger partial charge in [0, 0.05) is 25.6 Å². The summed E-state index contributed by atoms with van der Waals surface area (Å²) in [5.74, 6) is 1.55. The summed E-state index contributed by atoms with van der Waals surface area (Å²) < 4.78 is 7.38. The van der Waals surface area contributed by atoms with Gasteiger partial charge < -0.3 is 19.9 Å². The summed E-state index contributed by atoms with van der Waals surface area (Å²) in [5.41, 5.74) is 4.89. The average molecular weight is 496 g/mol. The third-order valence-corrected chi connectivity index (χ3v) is 6.27. The van der Waals surface area contributed by atoms with Crippen LogP contribution in [0.3, 0.4) is 0 Å². The molecule has 0 aliphatic carbocycles. The van der Waals surface area contributed by atoms with Crippen LogP contribution in [0.1, 0.15) is 35.4 Å². The second kappa shape index (κ2) is 11.1. The first-order chi connectivity index (χ1) is 18.1. The Kier molecular flexibility index (Phi) is 7.33.